The van der Waals surface area contributed by atoms with E-state index in [9.17, 15) is 14.0 Å². The van der Waals surface area contributed by atoms with Crippen molar-refractivity contribution in [2.24, 2.45) is 0 Å². The SMILES string of the molecule is COC(=O)c1ccc(F)c(CNC(=O)c2nc(Cl)ccc2Cl)c1. The molecule has 1 aromatic heterocycles. The van der Waals surface area contributed by atoms with Crippen LogP contribution in [0.4, 0.5) is 4.39 Å². The number of benzene rings is 1. The molecule has 0 aliphatic rings. The second-order valence-corrected chi connectivity index (χ2v) is 5.24. The van der Waals surface area contributed by atoms with Crippen molar-refractivity contribution in [1.82, 2.24) is 10.3 Å². The highest BCUT2D eigenvalue weighted by atomic mass is 35.5. The predicted molar refractivity (Wildman–Crippen MR) is 83.2 cm³/mol. The van der Waals surface area contributed by atoms with Crippen LogP contribution in [0.3, 0.4) is 0 Å². The zero-order valence-corrected chi connectivity index (χ0v) is 13.4. The van der Waals surface area contributed by atoms with Gasteiger partial charge >= 0.3 is 5.97 Å². The number of esters is 1. The number of hydrogen-bond acceptors (Lipinski definition) is 4. The molecule has 0 unspecified atom stereocenters. The lowest BCUT2D eigenvalue weighted by Gasteiger charge is -2.08. The van der Waals surface area contributed by atoms with E-state index >= 15 is 0 Å². The molecule has 120 valence electrons. The standard InChI is InChI=1S/C15H11Cl2FN2O3/c1-23-15(22)8-2-4-11(18)9(6-8)7-19-14(21)13-10(16)3-5-12(17)20-13/h2-6H,7H2,1H3,(H,19,21). The first-order valence-electron chi connectivity index (χ1n) is 6.39. The summed E-state index contributed by atoms with van der Waals surface area (Å²) >= 11 is 11.6. The molecule has 1 heterocycles. The van der Waals surface area contributed by atoms with Crippen molar-refractivity contribution < 1.29 is 18.7 Å². The first-order valence-corrected chi connectivity index (χ1v) is 7.15. The monoisotopic (exact) mass is 356 g/mol. The second kappa shape index (κ2) is 7.39. The molecule has 0 saturated carbocycles. The number of aromatic nitrogens is 1. The summed E-state index contributed by atoms with van der Waals surface area (Å²) in [6.07, 6.45) is 0. The van der Waals surface area contributed by atoms with Crippen LogP contribution < -0.4 is 5.32 Å². The van der Waals surface area contributed by atoms with Gasteiger partial charge in [0.25, 0.3) is 5.91 Å². The maximum Gasteiger partial charge on any atom is 0.337 e. The zero-order valence-electron chi connectivity index (χ0n) is 11.9. The van der Waals surface area contributed by atoms with Crippen molar-refractivity contribution in [1.29, 1.82) is 0 Å². The Morgan fingerprint density at radius 3 is 2.70 bits per heavy atom. The van der Waals surface area contributed by atoms with Crippen LogP contribution in [0.5, 0.6) is 0 Å². The fourth-order valence-corrected chi connectivity index (χ4v) is 2.13. The Morgan fingerprint density at radius 1 is 1.26 bits per heavy atom. The number of ether oxygens (including phenoxy) is 1. The van der Waals surface area contributed by atoms with Crippen LogP contribution in [-0.4, -0.2) is 24.0 Å². The number of carbonyl (C=O) groups is 2. The molecule has 0 atom stereocenters. The Balaban J connectivity index is 2.15. The average Bonchev–Trinajstić information content (AvgIpc) is 2.55. The van der Waals surface area contributed by atoms with E-state index < -0.39 is 17.7 Å². The molecule has 23 heavy (non-hydrogen) atoms. The topological polar surface area (TPSA) is 68.3 Å². The summed E-state index contributed by atoms with van der Waals surface area (Å²) in [5.74, 6) is -1.78. The van der Waals surface area contributed by atoms with E-state index in [0.29, 0.717) is 0 Å². The van der Waals surface area contributed by atoms with Crippen LogP contribution in [0, 0.1) is 5.82 Å². The fraction of sp³-hybridized carbons (Fsp3) is 0.133. The third-order valence-electron chi connectivity index (χ3n) is 2.93. The van der Waals surface area contributed by atoms with Gasteiger partial charge in [0, 0.05) is 12.1 Å². The van der Waals surface area contributed by atoms with E-state index in [1.807, 2.05) is 0 Å². The van der Waals surface area contributed by atoms with E-state index in [4.69, 9.17) is 23.2 Å². The molecule has 0 radical (unpaired) electrons. The van der Waals surface area contributed by atoms with E-state index in [-0.39, 0.29) is 33.5 Å². The minimum Gasteiger partial charge on any atom is -0.465 e. The van der Waals surface area contributed by atoms with Crippen LogP contribution in [0.15, 0.2) is 30.3 Å². The highest BCUT2D eigenvalue weighted by molar-refractivity contribution is 6.34. The van der Waals surface area contributed by atoms with E-state index in [2.05, 4.69) is 15.0 Å². The van der Waals surface area contributed by atoms with Gasteiger partial charge in [-0.25, -0.2) is 14.2 Å². The minimum atomic E-state index is -0.611. The second-order valence-electron chi connectivity index (χ2n) is 4.44. The Hall–Kier alpha value is -2.18. The van der Waals surface area contributed by atoms with Crippen LogP contribution in [0.1, 0.15) is 26.4 Å². The number of methoxy groups -OCH3 is 1. The molecule has 1 amide bonds. The molecule has 1 aromatic carbocycles. The van der Waals surface area contributed by atoms with Crippen LogP contribution in [-0.2, 0) is 11.3 Å². The Bertz CT molecular complexity index is 768. The Kier molecular flexibility index (Phi) is 5.52. The lowest BCUT2D eigenvalue weighted by molar-refractivity contribution is 0.0600. The van der Waals surface area contributed by atoms with Gasteiger partial charge in [0.2, 0.25) is 0 Å². The van der Waals surface area contributed by atoms with Crippen molar-refractivity contribution in [3.63, 3.8) is 0 Å². The van der Waals surface area contributed by atoms with Gasteiger partial charge in [0.05, 0.1) is 17.7 Å². The van der Waals surface area contributed by atoms with Gasteiger partial charge in [-0.1, -0.05) is 23.2 Å². The Morgan fingerprint density at radius 2 is 2.00 bits per heavy atom. The molecule has 1 N–H and O–H groups in total. The van der Waals surface area contributed by atoms with Crippen molar-refractivity contribution in [3.05, 3.63) is 63.1 Å². The lowest BCUT2D eigenvalue weighted by atomic mass is 10.1. The molecule has 0 fully saturated rings. The first-order chi connectivity index (χ1) is 10.9. The molecule has 0 aliphatic carbocycles. The molecular weight excluding hydrogens is 346 g/mol. The lowest BCUT2D eigenvalue weighted by Crippen LogP contribution is -2.25. The third kappa shape index (κ3) is 4.18. The van der Waals surface area contributed by atoms with Crippen molar-refractivity contribution in [2.75, 3.05) is 7.11 Å². The predicted octanol–water partition coefficient (Wildman–Crippen LogP) is 3.24. The number of nitrogens with one attached hydrogen (secondary N) is 1. The summed E-state index contributed by atoms with van der Waals surface area (Å²) in [5, 5.41) is 2.70. The van der Waals surface area contributed by atoms with Gasteiger partial charge in [0.15, 0.2) is 0 Å². The van der Waals surface area contributed by atoms with Crippen molar-refractivity contribution in [2.45, 2.75) is 6.54 Å². The van der Waals surface area contributed by atoms with E-state index in [1.165, 1.54) is 31.4 Å². The molecular formula is C15H11Cl2FN2O3. The quantitative estimate of drug-likeness (QED) is 0.674. The van der Waals surface area contributed by atoms with Crippen LogP contribution >= 0.6 is 23.2 Å². The van der Waals surface area contributed by atoms with Crippen LogP contribution in [0.2, 0.25) is 10.2 Å². The minimum absolute atomic E-state index is 0.0660. The maximum absolute atomic E-state index is 13.8. The third-order valence-corrected chi connectivity index (χ3v) is 3.45. The number of hydrogen-bond donors (Lipinski definition) is 1. The van der Waals surface area contributed by atoms with Gasteiger partial charge in [-0.05, 0) is 30.3 Å². The van der Waals surface area contributed by atoms with Crippen LogP contribution in [0.25, 0.3) is 0 Å². The number of halogens is 3. The van der Waals surface area contributed by atoms with E-state index in [1.54, 1.807) is 0 Å². The number of amides is 1. The highest BCUT2D eigenvalue weighted by Gasteiger charge is 2.15. The maximum atomic E-state index is 13.8. The highest BCUT2D eigenvalue weighted by Crippen LogP contribution is 2.17. The molecule has 0 aliphatic heterocycles. The summed E-state index contributed by atoms with van der Waals surface area (Å²) < 4.78 is 18.3. The number of nitrogens with zero attached hydrogens (tertiary/aromatic N) is 1. The van der Waals surface area contributed by atoms with Gasteiger partial charge < -0.3 is 10.1 Å². The zero-order chi connectivity index (χ0) is 17.0. The number of carbonyl (C=O) groups excluding carboxylic acids is 2. The molecule has 0 spiro atoms. The summed E-state index contributed by atoms with van der Waals surface area (Å²) in [4.78, 5) is 27.3. The summed E-state index contributed by atoms with van der Waals surface area (Å²) in [7, 11) is 1.22. The number of pyridine rings is 1. The number of rotatable bonds is 4. The molecule has 0 bridgehead atoms. The summed E-state index contributed by atoms with van der Waals surface area (Å²) in [6, 6.07) is 6.60. The average molecular weight is 357 g/mol. The molecule has 2 rings (SSSR count). The molecule has 5 nitrogen and oxygen atoms in total. The van der Waals surface area contributed by atoms with Gasteiger partial charge in [0.1, 0.15) is 16.7 Å². The van der Waals surface area contributed by atoms with E-state index in [0.717, 1.165) is 6.07 Å². The summed E-state index contributed by atoms with van der Waals surface area (Å²) in [6.45, 7) is -0.153. The smallest absolute Gasteiger partial charge is 0.337 e. The van der Waals surface area contributed by atoms with Crippen molar-refractivity contribution in [3.8, 4) is 0 Å². The molecule has 2 aromatic rings. The van der Waals surface area contributed by atoms with Crippen molar-refractivity contribution >= 4 is 35.1 Å². The molecule has 0 saturated heterocycles. The van der Waals surface area contributed by atoms with Gasteiger partial charge in [-0.3, -0.25) is 4.79 Å². The van der Waals surface area contributed by atoms with Gasteiger partial charge in [-0.2, -0.15) is 0 Å². The fourth-order valence-electron chi connectivity index (χ4n) is 1.79. The largest absolute Gasteiger partial charge is 0.465 e. The normalized spacial score (nSPS) is 10.3. The summed E-state index contributed by atoms with van der Waals surface area (Å²) in [5.41, 5.74) is 0.236. The first kappa shape index (κ1) is 17.2. The Labute approximate surface area is 141 Å². The molecule has 8 heteroatoms. The van der Waals surface area contributed by atoms with Gasteiger partial charge in [-0.15, -0.1) is 0 Å².